The third-order valence-electron chi connectivity index (χ3n) is 9.72. The van der Waals surface area contributed by atoms with Crippen LogP contribution in [-0.4, -0.2) is 19.1 Å². The van der Waals surface area contributed by atoms with Gasteiger partial charge in [0, 0.05) is 38.7 Å². The molecule has 0 saturated heterocycles. The molecule has 3 aromatic heterocycles. The molecule has 0 fully saturated rings. The molecule has 0 spiro atoms. The number of aromatic nitrogens is 4. The zero-order chi connectivity index (χ0) is 33.0. The largest absolute Gasteiger partial charge is 0.309 e. The highest BCUT2D eigenvalue weighted by Crippen LogP contribution is 2.41. The van der Waals surface area contributed by atoms with Crippen LogP contribution < -0.4 is 0 Å². The number of para-hydroxylation sites is 3. The minimum atomic E-state index is 0.705. The molecule has 0 atom stereocenters. The summed E-state index contributed by atoms with van der Waals surface area (Å²) in [5, 5.41) is 4.64. The SMILES string of the molecule is c1ccc(-c2nc(-c3ccccc3)c3c4cc(-c5ccc6c7ccccc7n(-c7ccccc7)c6c5)ccc4n(-c4ccccc4)c3n2)cc1. The Balaban J connectivity index is 1.27. The van der Waals surface area contributed by atoms with Gasteiger partial charge in [0.2, 0.25) is 0 Å². The van der Waals surface area contributed by atoms with Gasteiger partial charge in [-0.2, -0.15) is 0 Å². The Labute approximate surface area is 289 Å². The number of rotatable bonds is 5. The fraction of sp³-hybridized carbons (Fsp3) is 0. The van der Waals surface area contributed by atoms with Gasteiger partial charge in [-0.05, 0) is 59.7 Å². The maximum absolute atomic E-state index is 5.31. The molecule has 4 nitrogen and oxygen atoms in total. The van der Waals surface area contributed by atoms with E-state index in [0.717, 1.165) is 61.3 Å². The molecule has 0 bridgehead atoms. The molecule has 10 rings (SSSR count). The summed E-state index contributed by atoms with van der Waals surface area (Å²) in [5.74, 6) is 0.705. The van der Waals surface area contributed by atoms with E-state index in [-0.39, 0.29) is 0 Å². The van der Waals surface area contributed by atoms with E-state index in [9.17, 15) is 0 Å². The van der Waals surface area contributed by atoms with Crippen molar-refractivity contribution in [1.82, 2.24) is 19.1 Å². The van der Waals surface area contributed by atoms with Gasteiger partial charge in [-0.25, -0.2) is 9.97 Å². The Kier molecular flexibility index (Phi) is 6.46. The van der Waals surface area contributed by atoms with E-state index in [1.54, 1.807) is 0 Å². The summed E-state index contributed by atoms with van der Waals surface area (Å²) in [6.07, 6.45) is 0. The highest BCUT2D eigenvalue weighted by Gasteiger charge is 2.22. The van der Waals surface area contributed by atoms with Gasteiger partial charge >= 0.3 is 0 Å². The highest BCUT2D eigenvalue weighted by molar-refractivity contribution is 6.15. The summed E-state index contributed by atoms with van der Waals surface area (Å²) in [5.41, 5.74) is 11.8. The summed E-state index contributed by atoms with van der Waals surface area (Å²) in [4.78, 5) is 10.6. The van der Waals surface area contributed by atoms with Crippen LogP contribution in [0.2, 0.25) is 0 Å². The van der Waals surface area contributed by atoms with Gasteiger partial charge < -0.3 is 4.57 Å². The molecule has 7 aromatic carbocycles. The van der Waals surface area contributed by atoms with Crippen LogP contribution in [0.15, 0.2) is 182 Å². The van der Waals surface area contributed by atoms with Crippen molar-refractivity contribution in [1.29, 1.82) is 0 Å². The van der Waals surface area contributed by atoms with Crippen LogP contribution in [0.1, 0.15) is 0 Å². The predicted molar refractivity (Wildman–Crippen MR) is 207 cm³/mol. The van der Waals surface area contributed by atoms with E-state index in [2.05, 4.69) is 173 Å². The average Bonchev–Trinajstić information content (AvgIpc) is 3.71. The van der Waals surface area contributed by atoms with E-state index in [0.29, 0.717) is 5.82 Å². The van der Waals surface area contributed by atoms with E-state index >= 15 is 0 Å². The van der Waals surface area contributed by atoms with Crippen molar-refractivity contribution < 1.29 is 0 Å². The summed E-state index contributed by atoms with van der Waals surface area (Å²) in [6, 6.07) is 64.2. The van der Waals surface area contributed by atoms with Gasteiger partial charge in [0.15, 0.2) is 5.82 Å². The standard InChI is InChI=1S/C46H30N4/c1-5-15-31(16-6-1)44-43-39-29-33(34-25-27-38-37-23-13-14-24-40(37)49(42(38)30-34)35-19-9-3-10-20-35)26-28-41(39)50(36-21-11-4-12-22-36)46(43)48-45(47-44)32-17-7-2-8-18-32/h1-30H. The van der Waals surface area contributed by atoms with Crippen molar-refractivity contribution in [3.8, 4) is 45.1 Å². The first kappa shape index (κ1) is 28.3. The molecule has 0 aliphatic carbocycles. The van der Waals surface area contributed by atoms with Crippen molar-refractivity contribution in [3.63, 3.8) is 0 Å². The molecule has 3 heterocycles. The molecule has 234 valence electrons. The fourth-order valence-electron chi connectivity index (χ4n) is 7.45. The molecule has 0 aliphatic heterocycles. The van der Waals surface area contributed by atoms with Crippen LogP contribution in [0.25, 0.3) is 88.9 Å². The molecule has 10 aromatic rings. The van der Waals surface area contributed by atoms with Gasteiger partial charge in [0.05, 0.1) is 27.6 Å². The normalized spacial score (nSPS) is 11.6. The first-order chi connectivity index (χ1) is 24.8. The van der Waals surface area contributed by atoms with Crippen LogP contribution >= 0.6 is 0 Å². The van der Waals surface area contributed by atoms with Crippen LogP contribution in [0.5, 0.6) is 0 Å². The molecule has 0 amide bonds. The lowest BCUT2D eigenvalue weighted by Crippen LogP contribution is -1.99. The maximum atomic E-state index is 5.31. The molecule has 0 radical (unpaired) electrons. The fourth-order valence-corrected chi connectivity index (χ4v) is 7.45. The van der Waals surface area contributed by atoms with E-state index in [4.69, 9.17) is 9.97 Å². The van der Waals surface area contributed by atoms with Crippen molar-refractivity contribution in [2.75, 3.05) is 0 Å². The molecule has 50 heavy (non-hydrogen) atoms. The predicted octanol–water partition coefficient (Wildman–Crippen LogP) is 11.7. The van der Waals surface area contributed by atoms with E-state index < -0.39 is 0 Å². The second-order valence-corrected chi connectivity index (χ2v) is 12.6. The van der Waals surface area contributed by atoms with E-state index in [1.165, 1.54) is 21.8 Å². The number of nitrogens with zero attached hydrogens (tertiary/aromatic N) is 4. The zero-order valence-corrected chi connectivity index (χ0v) is 27.1. The first-order valence-electron chi connectivity index (χ1n) is 16.9. The second kappa shape index (κ2) is 11.4. The lowest BCUT2D eigenvalue weighted by Gasteiger charge is -2.10. The van der Waals surface area contributed by atoms with Crippen LogP contribution in [0.3, 0.4) is 0 Å². The third kappa shape index (κ3) is 4.46. The average molecular weight is 639 g/mol. The smallest absolute Gasteiger partial charge is 0.162 e. The summed E-state index contributed by atoms with van der Waals surface area (Å²) in [6.45, 7) is 0. The van der Waals surface area contributed by atoms with Gasteiger partial charge in [-0.1, -0.05) is 133 Å². The van der Waals surface area contributed by atoms with Crippen LogP contribution in [0.4, 0.5) is 0 Å². The Morgan fingerprint density at radius 1 is 0.340 bits per heavy atom. The second-order valence-electron chi connectivity index (χ2n) is 12.6. The third-order valence-corrected chi connectivity index (χ3v) is 9.72. The Bertz CT molecular complexity index is 2840. The highest BCUT2D eigenvalue weighted by atomic mass is 15.1. The summed E-state index contributed by atoms with van der Waals surface area (Å²) in [7, 11) is 0. The summed E-state index contributed by atoms with van der Waals surface area (Å²) >= 11 is 0. The monoisotopic (exact) mass is 638 g/mol. The lowest BCUT2D eigenvalue weighted by molar-refractivity contribution is 1.11. The molecule has 4 heteroatoms. The molecule has 0 unspecified atom stereocenters. The molecule has 0 saturated carbocycles. The van der Waals surface area contributed by atoms with Crippen LogP contribution in [0, 0.1) is 0 Å². The minimum absolute atomic E-state index is 0.705. The van der Waals surface area contributed by atoms with E-state index in [1.807, 2.05) is 18.2 Å². The number of hydrogen-bond donors (Lipinski definition) is 0. The number of benzene rings is 7. The van der Waals surface area contributed by atoms with Gasteiger partial charge in [-0.15, -0.1) is 0 Å². The van der Waals surface area contributed by atoms with Crippen molar-refractivity contribution in [2.24, 2.45) is 0 Å². The minimum Gasteiger partial charge on any atom is -0.309 e. The zero-order valence-electron chi connectivity index (χ0n) is 27.1. The van der Waals surface area contributed by atoms with Crippen molar-refractivity contribution in [2.45, 2.75) is 0 Å². The van der Waals surface area contributed by atoms with Gasteiger partial charge in [0.1, 0.15) is 5.65 Å². The Hall–Kier alpha value is -6.78. The topological polar surface area (TPSA) is 35.6 Å². The molecular weight excluding hydrogens is 609 g/mol. The van der Waals surface area contributed by atoms with Crippen molar-refractivity contribution in [3.05, 3.63) is 182 Å². The first-order valence-corrected chi connectivity index (χ1v) is 16.9. The number of hydrogen-bond acceptors (Lipinski definition) is 2. The quantitative estimate of drug-likeness (QED) is 0.188. The Morgan fingerprint density at radius 2 is 0.880 bits per heavy atom. The molecule has 0 aliphatic rings. The van der Waals surface area contributed by atoms with Gasteiger partial charge in [-0.3, -0.25) is 4.57 Å². The van der Waals surface area contributed by atoms with Crippen LogP contribution in [-0.2, 0) is 0 Å². The maximum Gasteiger partial charge on any atom is 0.162 e. The van der Waals surface area contributed by atoms with Crippen molar-refractivity contribution >= 4 is 43.7 Å². The number of fused-ring (bicyclic) bond motifs is 6. The molecule has 0 N–H and O–H groups in total. The molecular formula is C46H30N4. The van der Waals surface area contributed by atoms with Gasteiger partial charge in [0.25, 0.3) is 0 Å². The summed E-state index contributed by atoms with van der Waals surface area (Å²) < 4.78 is 4.66. The lowest BCUT2D eigenvalue weighted by atomic mass is 10.00. The Morgan fingerprint density at radius 3 is 1.60 bits per heavy atom.